The molecule has 1 aromatic heterocycles. The molecular formula is C17H19ClN4O. The Morgan fingerprint density at radius 2 is 1.87 bits per heavy atom. The molecular weight excluding hydrogens is 312 g/mol. The van der Waals surface area contributed by atoms with E-state index in [1.54, 1.807) is 7.11 Å². The van der Waals surface area contributed by atoms with Gasteiger partial charge in [0.25, 0.3) is 0 Å². The lowest BCUT2D eigenvalue weighted by Crippen LogP contribution is -2.02. The van der Waals surface area contributed by atoms with Crippen molar-refractivity contribution in [2.45, 2.75) is 6.42 Å². The van der Waals surface area contributed by atoms with Gasteiger partial charge in [-0.1, -0.05) is 18.2 Å². The van der Waals surface area contributed by atoms with E-state index in [1.807, 2.05) is 36.4 Å². The lowest BCUT2D eigenvalue weighted by molar-refractivity contribution is 0.415. The molecule has 23 heavy (non-hydrogen) atoms. The fraction of sp³-hybridized carbons (Fsp3) is 0.176. The van der Waals surface area contributed by atoms with Crippen molar-refractivity contribution < 1.29 is 4.74 Å². The van der Waals surface area contributed by atoms with E-state index in [0.717, 1.165) is 29.1 Å². The predicted molar refractivity (Wildman–Crippen MR) is 93.8 cm³/mol. The molecule has 1 heterocycles. The first-order chi connectivity index (χ1) is 10.8. The summed E-state index contributed by atoms with van der Waals surface area (Å²) in [6, 6.07) is 15.9. The molecule has 120 valence electrons. The fourth-order valence-electron chi connectivity index (χ4n) is 2.30. The summed E-state index contributed by atoms with van der Waals surface area (Å²) >= 11 is 0. The second kappa shape index (κ2) is 7.76. The van der Waals surface area contributed by atoms with Crippen molar-refractivity contribution in [1.29, 1.82) is 0 Å². The fourth-order valence-corrected chi connectivity index (χ4v) is 2.30. The molecule has 0 fully saturated rings. The van der Waals surface area contributed by atoms with Crippen LogP contribution in [0.25, 0.3) is 22.8 Å². The summed E-state index contributed by atoms with van der Waals surface area (Å²) in [5.41, 5.74) is 8.75. The zero-order valence-corrected chi connectivity index (χ0v) is 13.6. The van der Waals surface area contributed by atoms with E-state index < -0.39 is 0 Å². The Kier molecular flexibility index (Phi) is 5.73. The van der Waals surface area contributed by atoms with Crippen LogP contribution in [0.15, 0.2) is 48.5 Å². The van der Waals surface area contributed by atoms with Crippen LogP contribution in [0.2, 0.25) is 0 Å². The van der Waals surface area contributed by atoms with Gasteiger partial charge in [0.2, 0.25) is 0 Å². The second-order valence-corrected chi connectivity index (χ2v) is 4.98. The summed E-state index contributed by atoms with van der Waals surface area (Å²) in [4.78, 5) is 4.57. The number of rotatable bonds is 5. The van der Waals surface area contributed by atoms with Gasteiger partial charge in [-0.25, -0.2) is 4.98 Å². The van der Waals surface area contributed by atoms with E-state index in [4.69, 9.17) is 10.5 Å². The van der Waals surface area contributed by atoms with Crippen molar-refractivity contribution in [3.8, 4) is 28.5 Å². The van der Waals surface area contributed by atoms with Crippen molar-refractivity contribution in [2.24, 2.45) is 5.73 Å². The van der Waals surface area contributed by atoms with Crippen LogP contribution in [0, 0.1) is 0 Å². The third-order valence-corrected chi connectivity index (χ3v) is 3.47. The van der Waals surface area contributed by atoms with Gasteiger partial charge in [0.05, 0.1) is 7.11 Å². The van der Waals surface area contributed by atoms with E-state index in [0.29, 0.717) is 12.4 Å². The molecule has 0 atom stereocenters. The number of nitrogens with two attached hydrogens (primary N) is 1. The van der Waals surface area contributed by atoms with Crippen LogP contribution in [-0.2, 0) is 6.42 Å². The van der Waals surface area contributed by atoms with Crippen LogP contribution >= 0.6 is 12.4 Å². The molecule has 0 amide bonds. The van der Waals surface area contributed by atoms with Gasteiger partial charge in [0.15, 0.2) is 11.6 Å². The summed E-state index contributed by atoms with van der Waals surface area (Å²) in [6.45, 7) is 0.633. The molecule has 0 unspecified atom stereocenters. The zero-order chi connectivity index (χ0) is 15.4. The van der Waals surface area contributed by atoms with Gasteiger partial charge in [-0.15, -0.1) is 12.4 Å². The lowest BCUT2D eigenvalue weighted by Gasteiger charge is -2.01. The highest BCUT2D eigenvalue weighted by atomic mass is 35.5. The van der Waals surface area contributed by atoms with E-state index in [-0.39, 0.29) is 12.4 Å². The first kappa shape index (κ1) is 17.0. The molecule has 3 N–H and O–H groups in total. The Bertz CT molecular complexity index is 755. The van der Waals surface area contributed by atoms with Crippen LogP contribution in [-0.4, -0.2) is 28.8 Å². The first-order valence-corrected chi connectivity index (χ1v) is 7.16. The molecule has 0 aliphatic carbocycles. The van der Waals surface area contributed by atoms with Crippen molar-refractivity contribution in [1.82, 2.24) is 15.2 Å². The topological polar surface area (TPSA) is 76.8 Å². The number of hydrogen-bond donors (Lipinski definition) is 2. The van der Waals surface area contributed by atoms with E-state index in [9.17, 15) is 0 Å². The number of halogens is 1. The van der Waals surface area contributed by atoms with Gasteiger partial charge in [-0.2, -0.15) is 5.10 Å². The van der Waals surface area contributed by atoms with E-state index in [2.05, 4.69) is 27.3 Å². The number of ether oxygens (including phenoxy) is 1. The minimum Gasteiger partial charge on any atom is -0.497 e. The minimum atomic E-state index is 0. The Morgan fingerprint density at radius 1 is 1.09 bits per heavy atom. The molecule has 3 aromatic rings. The molecule has 0 saturated heterocycles. The molecule has 0 bridgehead atoms. The normalized spacial score (nSPS) is 10.2. The van der Waals surface area contributed by atoms with Gasteiger partial charge in [-0.3, -0.25) is 5.10 Å². The second-order valence-electron chi connectivity index (χ2n) is 4.98. The largest absolute Gasteiger partial charge is 0.497 e. The Labute approximate surface area is 141 Å². The molecule has 3 rings (SSSR count). The molecule has 5 nitrogen and oxygen atoms in total. The Balaban J connectivity index is 0.00000192. The summed E-state index contributed by atoms with van der Waals surface area (Å²) in [5.74, 6) is 2.24. The molecule has 0 saturated carbocycles. The van der Waals surface area contributed by atoms with Gasteiger partial charge in [0, 0.05) is 11.1 Å². The average molecular weight is 331 g/mol. The van der Waals surface area contributed by atoms with Gasteiger partial charge in [0.1, 0.15) is 5.75 Å². The van der Waals surface area contributed by atoms with E-state index >= 15 is 0 Å². The van der Waals surface area contributed by atoms with Crippen LogP contribution in [0.5, 0.6) is 5.75 Å². The Morgan fingerprint density at radius 3 is 2.57 bits per heavy atom. The SMILES string of the molecule is COc1ccc(-c2nc(-c3cccc(CCN)c3)n[nH]2)cc1.Cl. The maximum absolute atomic E-state index is 5.61. The Hall–Kier alpha value is -2.37. The van der Waals surface area contributed by atoms with Crippen molar-refractivity contribution in [3.63, 3.8) is 0 Å². The van der Waals surface area contributed by atoms with Crippen molar-refractivity contribution in [3.05, 3.63) is 54.1 Å². The quantitative estimate of drug-likeness (QED) is 0.753. The highest BCUT2D eigenvalue weighted by Gasteiger charge is 2.08. The summed E-state index contributed by atoms with van der Waals surface area (Å²) in [5, 5.41) is 7.29. The molecule has 0 aliphatic rings. The lowest BCUT2D eigenvalue weighted by atomic mass is 10.1. The van der Waals surface area contributed by atoms with E-state index in [1.165, 1.54) is 5.56 Å². The van der Waals surface area contributed by atoms with Crippen molar-refractivity contribution >= 4 is 12.4 Å². The number of aromatic amines is 1. The minimum absolute atomic E-state index is 0. The number of hydrogen-bond acceptors (Lipinski definition) is 4. The van der Waals surface area contributed by atoms with Crippen LogP contribution < -0.4 is 10.5 Å². The van der Waals surface area contributed by atoms with Crippen molar-refractivity contribution in [2.75, 3.05) is 13.7 Å². The molecule has 0 radical (unpaired) electrons. The number of aromatic nitrogens is 3. The van der Waals surface area contributed by atoms with Gasteiger partial charge in [-0.05, 0) is 48.9 Å². The maximum Gasteiger partial charge on any atom is 0.181 e. The number of methoxy groups -OCH3 is 1. The number of nitrogens with one attached hydrogen (secondary N) is 1. The monoisotopic (exact) mass is 330 g/mol. The van der Waals surface area contributed by atoms with Gasteiger partial charge < -0.3 is 10.5 Å². The molecule has 6 heteroatoms. The van der Waals surface area contributed by atoms with Crippen LogP contribution in [0.3, 0.4) is 0 Å². The smallest absolute Gasteiger partial charge is 0.181 e. The summed E-state index contributed by atoms with van der Waals surface area (Å²) in [7, 11) is 1.65. The highest BCUT2D eigenvalue weighted by Crippen LogP contribution is 2.22. The standard InChI is InChI=1S/C17H18N4O.ClH/c1-22-15-7-5-13(6-8-15)16-19-17(21-20-16)14-4-2-3-12(11-14)9-10-18;/h2-8,11H,9-10,18H2,1H3,(H,19,20,21);1H. The van der Waals surface area contributed by atoms with Gasteiger partial charge >= 0.3 is 0 Å². The molecule has 0 spiro atoms. The third-order valence-electron chi connectivity index (χ3n) is 3.47. The average Bonchev–Trinajstić information content (AvgIpc) is 3.06. The summed E-state index contributed by atoms with van der Waals surface area (Å²) < 4.78 is 5.16. The zero-order valence-electron chi connectivity index (χ0n) is 12.8. The predicted octanol–water partition coefficient (Wildman–Crippen LogP) is 3.07. The summed E-state index contributed by atoms with van der Waals surface area (Å²) in [6.07, 6.45) is 0.851. The first-order valence-electron chi connectivity index (χ1n) is 7.16. The number of H-pyrrole nitrogens is 1. The maximum atomic E-state index is 5.61. The number of benzene rings is 2. The number of nitrogens with zero attached hydrogens (tertiary/aromatic N) is 2. The molecule has 2 aromatic carbocycles. The van der Waals surface area contributed by atoms with Crippen LogP contribution in [0.4, 0.5) is 0 Å². The highest BCUT2D eigenvalue weighted by molar-refractivity contribution is 5.85. The van der Waals surface area contributed by atoms with Crippen LogP contribution in [0.1, 0.15) is 5.56 Å². The molecule has 0 aliphatic heterocycles. The third kappa shape index (κ3) is 3.88.